The summed E-state index contributed by atoms with van der Waals surface area (Å²) in [6.45, 7) is 6.12. The second-order valence-corrected chi connectivity index (χ2v) is 4.47. The Bertz CT molecular complexity index is 212. The number of hydrogen-bond acceptors (Lipinski definition) is 3. The third-order valence-corrected chi connectivity index (χ3v) is 3.19. The van der Waals surface area contributed by atoms with Crippen molar-refractivity contribution in [3.05, 3.63) is 12.7 Å². The fourth-order valence-corrected chi connectivity index (χ4v) is 2.42. The summed E-state index contributed by atoms with van der Waals surface area (Å²) in [4.78, 5) is 0. The van der Waals surface area contributed by atoms with Crippen molar-refractivity contribution in [3.8, 4) is 0 Å². The molecule has 1 saturated heterocycles. The monoisotopic (exact) mass is 211 g/mol. The van der Waals surface area contributed by atoms with Crippen molar-refractivity contribution in [3.63, 3.8) is 0 Å². The van der Waals surface area contributed by atoms with Gasteiger partial charge in [0.15, 0.2) is 5.79 Å². The Morgan fingerprint density at radius 1 is 1.33 bits per heavy atom. The first-order valence-corrected chi connectivity index (χ1v) is 5.98. The zero-order chi connectivity index (χ0) is 10.6. The molecule has 2 fully saturated rings. The van der Waals surface area contributed by atoms with Gasteiger partial charge in [-0.1, -0.05) is 12.5 Å². The highest BCUT2D eigenvalue weighted by molar-refractivity contribution is 4.83. The first-order chi connectivity index (χ1) is 7.35. The fraction of sp³-hybridized carbons (Fsp3) is 0.833. The van der Waals surface area contributed by atoms with Gasteiger partial charge in [0.2, 0.25) is 0 Å². The van der Waals surface area contributed by atoms with Gasteiger partial charge in [-0.15, -0.1) is 6.58 Å². The molecule has 1 aliphatic carbocycles. The Kier molecular flexibility index (Phi) is 3.78. The highest BCUT2D eigenvalue weighted by Gasteiger charge is 2.41. The third-order valence-electron chi connectivity index (χ3n) is 3.19. The number of rotatable bonds is 4. The summed E-state index contributed by atoms with van der Waals surface area (Å²) in [6, 6.07) is 0. The molecule has 86 valence electrons. The average Bonchev–Trinajstić information content (AvgIpc) is 2.63. The molecule has 0 radical (unpaired) electrons. The van der Waals surface area contributed by atoms with Crippen LogP contribution in [0.4, 0.5) is 0 Å². The van der Waals surface area contributed by atoms with E-state index in [9.17, 15) is 0 Å². The molecule has 0 amide bonds. The Morgan fingerprint density at radius 2 is 2.13 bits per heavy atom. The molecule has 1 saturated carbocycles. The Hall–Kier alpha value is -0.380. The SMILES string of the molecule is C=CCNC[C@H]1COC2(CCCCC2)O1. The van der Waals surface area contributed by atoms with Crippen LogP contribution in [0.25, 0.3) is 0 Å². The van der Waals surface area contributed by atoms with Crippen molar-refractivity contribution < 1.29 is 9.47 Å². The molecule has 15 heavy (non-hydrogen) atoms. The van der Waals surface area contributed by atoms with Crippen LogP contribution in [0.1, 0.15) is 32.1 Å². The molecule has 0 aromatic carbocycles. The lowest BCUT2D eigenvalue weighted by Crippen LogP contribution is -2.35. The van der Waals surface area contributed by atoms with Crippen LogP contribution in [0.2, 0.25) is 0 Å². The molecule has 1 atom stereocenters. The molecule has 3 nitrogen and oxygen atoms in total. The first kappa shape index (κ1) is 11.1. The van der Waals surface area contributed by atoms with Gasteiger partial charge >= 0.3 is 0 Å². The summed E-state index contributed by atoms with van der Waals surface area (Å²) in [6.07, 6.45) is 8.05. The van der Waals surface area contributed by atoms with Gasteiger partial charge in [0.05, 0.1) is 12.7 Å². The summed E-state index contributed by atoms with van der Waals surface area (Å²) < 4.78 is 11.9. The van der Waals surface area contributed by atoms with Crippen LogP contribution in [0, 0.1) is 0 Å². The van der Waals surface area contributed by atoms with Crippen LogP contribution in [-0.4, -0.2) is 31.6 Å². The van der Waals surface area contributed by atoms with Gasteiger partial charge in [-0.3, -0.25) is 0 Å². The zero-order valence-electron chi connectivity index (χ0n) is 9.34. The molecule has 2 aliphatic rings. The van der Waals surface area contributed by atoms with Crippen LogP contribution in [0.5, 0.6) is 0 Å². The van der Waals surface area contributed by atoms with Crippen molar-refractivity contribution in [1.29, 1.82) is 0 Å². The summed E-state index contributed by atoms with van der Waals surface area (Å²) in [7, 11) is 0. The molecular formula is C12H21NO2. The lowest BCUT2D eigenvalue weighted by molar-refractivity contribution is -0.186. The minimum absolute atomic E-state index is 0.223. The molecule has 1 aliphatic heterocycles. The molecule has 0 bridgehead atoms. The molecule has 1 heterocycles. The lowest BCUT2D eigenvalue weighted by Gasteiger charge is -2.31. The highest BCUT2D eigenvalue weighted by Crippen LogP contribution is 2.37. The maximum Gasteiger partial charge on any atom is 0.168 e. The van der Waals surface area contributed by atoms with Gasteiger partial charge in [-0.2, -0.15) is 0 Å². The first-order valence-electron chi connectivity index (χ1n) is 5.98. The predicted octanol–water partition coefficient (Wildman–Crippen LogP) is 1.84. The number of hydrogen-bond donors (Lipinski definition) is 1. The maximum atomic E-state index is 6.02. The molecule has 1 N–H and O–H groups in total. The van der Waals surface area contributed by atoms with Gasteiger partial charge in [0.25, 0.3) is 0 Å². The Balaban J connectivity index is 1.75. The number of ether oxygens (including phenoxy) is 2. The van der Waals surface area contributed by atoms with E-state index in [-0.39, 0.29) is 11.9 Å². The van der Waals surface area contributed by atoms with Crippen molar-refractivity contribution >= 4 is 0 Å². The van der Waals surface area contributed by atoms with Crippen LogP contribution in [0.15, 0.2) is 12.7 Å². The van der Waals surface area contributed by atoms with Gasteiger partial charge in [-0.05, 0) is 12.8 Å². The quantitative estimate of drug-likeness (QED) is 0.568. The van der Waals surface area contributed by atoms with Gasteiger partial charge in [-0.25, -0.2) is 0 Å². The van der Waals surface area contributed by atoms with E-state index >= 15 is 0 Å². The second kappa shape index (κ2) is 5.10. The molecule has 3 heteroatoms. The summed E-state index contributed by atoms with van der Waals surface area (Å²) in [5, 5.41) is 3.28. The Morgan fingerprint density at radius 3 is 2.87 bits per heavy atom. The standard InChI is InChI=1S/C12H21NO2/c1-2-8-13-9-11-10-14-12(15-11)6-4-3-5-7-12/h2,11,13H,1,3-10H2/t11-/m0/s1. The van der Waals surface area contributed by atoms with Gasteiger partial charge in [0.1, 0.15) is 0 Å². The topological polar surface area (TPSA) is 30.5 Å². The van der Waals surface area contributed by atoms with Crippen LogP contribution < -0.4 is 5.32 Å². The van der Waals surface area contributed by atoms with Crippen LogP contribution >= 0.6 is 0 Å². The van der Waals surface area contributed by atoms with Gasteiger partial charge in [0, 0.05) is 25.9 Å². The summed E-state index contributed by atoms with van der Waals surface area (Å²) in [5.74, 6) is -0.223. The van der Waals surface area contributed by atoms with Gasteiger partial charge < -0.3 is 14.8 Å². The van der Waals surface area contributed by atoms with E-state index in [1.54, 1.807) is 0 Å². The smallest absolute Gasteiger partial charge is 0.168 e. The summed E-state index contributed by atoms with van der Waals surface area (Å²) >= 11 is 0. The molecule has 2 rings (SSSR count). The second-order valence-electron chi connectivity index (χ2n) is 4.47. The van der Waals surface area contributed by atoms with E-state index in [0.717, 1.165) is 32.5 Å². The third kappa shape index (κ3) is 2.80. The summed E-state index contributed by atoms with van der Waals surface area (Å²) in [5.41, 5.74) is 0. The van der Waals surface area contributed by atoms with Crippen LogP contribution in [0.3, 0.4) is 0 Å². The normalized spacial score (nSPS) is 29.5. The predicted molar refractivity (Wildman–Crippen MR) is 59.7 cm³/mol. The fourth-order valence-electron chi connectivity index (χ4n) is 2.42. The van der Waals surface area contributed by atoms with E-state index in [2.05, 4.69) is 11.9 Å². The van der Waals surface area contributed by atoms with E-state index in [1.807, 2.05) is 6.08 Å². The largest absolute Gasteiger partial charge is 0.347 e. The van der Waals surface area contributed by atoms with Crippen molar-refractivity contribution in [1.82, 2.24) is 5.32 Å². The molecule has 1 spiro atoms. The van der Waals surface area contributed by atoms with E-state index in [1.165, 1.54) is 19.3 Å². The molecule has 0 unspecified atom stereocenters. The van der Waals surface area contributed by atoms with Crippen molar-refractivity contribution in [2.45, 2.75) is 44.0 Å². The zero-order valence-corrected chi connectivity index (χ0v) is 9.34. The minimum atomic E-state index is -0.223. The average molecular weight is 211 g/mol. The minimum Gasteiger partial charge on any atom is -0.347 e. The molecule has 0 aromatic heterocycles. The highest BCUT2D eigenvalue weighted by atomic mass is 16.7. The van der Waals surface area contributed by atoms with E-state index in [0.29, 0.717) is 0 Å². The van der Waals surface area contributed by atoms with Crippen molar-refractivity contribution in [2.75, 3.05) is 19.7 Å². The number of nitrogens with one attached hydrogen (secondary N) is 1. The van der Waals surface area contributed by atoms with E-state index < -0.39 is 0 Å². The van der Waals surface area contributed by atoms with Crippen molar-refractivity contribution in [2.24, 2.45) is 0 Å². The molecular weight excluding hydrogens is 190 g/mol. The van der Waals surface area contributed by atoms with E-state index in [4.69, 9.17) is 9.47 Å². The maximum absolute atomic E-state index is 6.02. The molecule has 0 aromatic rings. The lowest BCUT2D eigenvalue weighted by atomic mass is 9.94. The van der Waals surface area contributed by atoms with Crippen LogP contribution in [-0.2, 0) is 9.47 Å². The Labute approximate surface area is 91.8 Å².